The summed E-state index contributed by atoms with van der Waals surface area (Å²) in [4.78, 5) is 16.9. The smallest absolute Gasteiger partial charge is 0.248 e. The van der Waals surface area contributed by atoms with Crippen molar-refractivity contribution >= 4 is 17.6 Å². The van der Waals surface area contributed by atoms with Crippen molar-refractivity contribution in [3.63, 3.8) is 0 Å². The number of anilines is 3. The fraction of sp³-hybridized carbons (Fsp3) is 0.389. The summed E-state index contributed by atoms with van der Waals surface area (Å²) in [6, 6.07) is 3.79. The van der Waals surface area contributed by atoms with Gasteiger partial charge in [0.15, 0.2) is 11.6 Å². The molecule has 10 nitrogen and oxygen atoms in total. The van der Waals surface area contributed by atoms with E-state index in [2.05, 4.69) is 36.4 Å². The van der Waals surface area contributed by atoms with Gasteiger partial charge in [0.2, 0.25) is 11.9 Å². The molecule has 3 N–H and O–H groups in total. The molecule has 0 aromatic carbocycles. The van der Waals surface area contributed by atoms with Crippen LogP contribution in [0.1, 0.15) is 24.1 Å². The van der Waals surface area contributed by atoms with Crippen LogP contribution in [0.3, 0.4) is 0 Å². The van der Waals surface area contributed by atoms with Gasteiger partial charge in [-0.15, -0.1) is 5.10 Å². The molecule has 2 aliphatic rings. The molecule has 0 bridgehead atoms. The number of nitrogen functional groups attached to an aromatic ring is 1. The molecule has 5 rings (SSSR count). The molecule has 0 atom stereocenters. The maximum atomic E-state index is 5.97. The Morgan fingerprint density at radius 2 is 2.00 bits per heavy atom. The molecular formula is C18H20N8O2. The number of nitrogens with one attached hydrogen (secondary N) is 1. The maximum Gasteiger partial charge on any atom is 0.248 e. The van der Waals surface area contributed by atoms with E-state index in [4.69, 9.17) is 15.2 Å². The Morgan fingerprint density at radius 1 is 1.14 bits per heavy atom. The number of pyridine rings is 1. The van der Waals surface area contributed by atoms with Crippen molar-refractivity contribution in [1.29, 1.82) is 0 Å². The standard InChI is InChI=1S/C18H20N8O2/c19-16-24-17(25-26(16)15-3-6-20-11-22-15)23-13-9-12-1-4-18(27-7-8-28-18)5-2-14(12)21-10-13/h3,6,9-11H,1-2,4-5,7-8H2,(H3,19,23,24,25). The van der Waals surface area contributed by atoms with Crippen LogP contribution in [-0.4, -0.2) is 48.7 Å². The first-order valence-electron chi connectivity index (χ1n) is 9.22. The Morgan fingerprint density at radius 3 is 2.82 bits per heavy atom. The molecule has 28 heavy (non-hydrogen) atoms. The van der Waals surface area contributed by atoms with Crippen LogP contribution in [-0.2, 0) is 22.3 Å². The molecule has 1 spiro atoms. The third-order valence-corrected chi connectivity index (χ3v) is 5.06. The van der Waals surface area contributed by atoms with Crippen molar-refractivity contribution in [2.24, 2.45) is 0 Å². The minimum absolute atomic E-state index is 0.237. The summed E-state index contributed by atoms with van der Waals surface area (Å²) in [5.41, 5.74) is 9.05. The van der Waals surface area contributed by atoms with E-state index in [1.807, 2.05) is 0 Å². The van der Waals surface area contributed by atoms with Crippen molar-refractivity contribution in [3.05, 3.63) is 42.1 Å². The lowest BCUT2D eigenvalue weighted by atomic mass is 10.1. The third-order valence-electron chi connectivity index (χ3n) is 5.06. The second-order valence-electron chi connectivity index (χ2n) is 6.84. The lowest BCUT2D eigenvalue weighted by Crippen LogP contribution is -2.30. The Hall–Kier alpha value is -3.11. The van der Waals surface area contributed by atoms with Crippen LogP contribution in [0.2, 0.25) is 0 Å². The number of hydrogen-bond acceptors (Lipinski definition) is 9. The molecule has 10 heteroatoms. The van der Waals surface area contributed by atoms with E-state index in [1.54, 1.807) is 18.5 Å². The minimum atomic E-state index is -0.444. The number of hydrogen-bond donors (Lipinski definition) is 2. The molecule has 0 radical (unpaired) electrons. The summed E-state index contributed by atoms with van der Waals surface area (Å²) >= 11 is 0. The van der Waals surface area contributed by atoms with E-state index in [9.17, 15) is 0 Å². The lowest BCUT2D eigenvalue weighted by Gasteiger charge is -2.25. The average Bonchev–Trinajstić information content (AvgIpc) is 3.28. The largest absolute Gasteiger partial charge is 0.368 e. The monoisotopic (exact) mass is 380 g/mol. The number of nitrogens with zero attached hydrogens (tertiary/aromatic N) is 6. The quantitative estimate of drug-likeness (QED) is 0.693. The van der Waals surface area contributed by atoms with Gasteiger partial charge >= 0.3 is 0 Å². The van der Waals surface area contributed by atoms with Gasteiger partial charge in [0.25, 0.3) is 0 Å². The normalized spacial score (nSPS) is 18.0. The van der Waals surface area contributed by atoms with Crippen LogP contribution in [0.15, 0.2) is 30.9 Å². The fourth-order valence-corrected chi connectivity index (χ4v) is 3.68. The molecule has 1 saturated heterocycles. The molecule has 1 aliphatic heterocycles. The summed E-state index contributed by atoms with van der Waals surface area (Å²) < 4.78 is 13.2. The Bertz CT molecular complexity index is 985. The average molecular weight is 380 g/mol. The first kappa shape index (κ1) is 17.0. The van der Waals surface area contributed by atoms with Crippen LogP contribution >= 0.6 is 0 Å². The van der Waals surface area contributed by atoms with Crippen molar-refractivity contribution in [1.82, 2.24) is 29.7 Å². The third kappa shape index (κ3) is 3.16. The highest BCUT2D eigenvalue weighted by Crippen LogP contribution is 2.34. The fourth-order valence-electron chi connectivity index (χ4n) is 3.68. The van der Waals surface area contributed by atoms with E-state index < -0.39 is 5.79 Å². The first-order valence-corrected chi connectivity index (χ1v) is 9.22. The van der Waals surface area contributed by atoms with Crippen LogP contribution in [0, 0.1) is 0 Å². The highest BCUT2D eigenvalue weighted by molar-refractivity contribution is 5.55. The molecule has 1 fully saturated rings. The van der Waals surface area contributed by atoms with Gasteiger partial charge in [0.05, 0.1) is 25.1 Å². The summed E-state index contributed by atoms with van der Waals surface area (Å²) in [6.45, 7) is 1.33. The highest BCUT2D eigenvalue weighted by atomic mass is 16.7. The molecule has 3 aromatic rings. The Balaban J connectivity index is 1.36. The zero-order valence-corrected chi connectivity index (χ0v) is 15.2. The molecule has 0 saturated carbocycles. The molecule has 1 aliphatic carbocycles. The van der Waals surface area contributed by atoms with Crippen molar-refractivity contribution in [3.8, 4) is 5.82 Å². The topological polar surface area (TPSA) is 126 Å². The summed E-state index contributed by atoms with van der Waals surface area (Å²) in [7, 11) is 0. The van der Waals surface area contributed by atoms with Crippen LogP contribution in [0.4, 0.5) is 17.6 Å². The predicted molar refractivity (Wildman–Crippen MR) is 100 cm³/mol. The second-order valence-corrected chi connectivity index (χ2v) is 6.84. The number of aryl methyl sites for hydroxylation is 2. The zero-order chi connectivity index (χ0) is 19.0. The van der Waals surface area contributed by atoms with Gasteiger partial charge in [0.1, 0.15) is 6.33 Å². The van der Waals surface area contributed by atoms with Crippen LogP contribution in [0.5, 0.6) is 0 Å². The first-order chi connectivity index (χ1) is 13.7. The van der Waals surface area contributed by atoms with Gasteiger partial charge in [-0.05, 0) is 24.5 Å². The maximum absolute atomic E-state index is 5.97. The summed E-state index contributed by atoms with van der Waals surface area (Å²) in [5.74, 6) is 0.724. The van der Waals surface area contributed by atoms with Gasteiger partial charge in [-0.25, -0.2) is 9.97 Å². The van der Waals surface area contributed by atoms with Gasteiger partial charge in [-0.2, -0.15) is 9.67 Å². The summed E-state index contributed by atoms with van der Waals surface area (Å²) in [6.07, 6.45) is 8.20. The van der Waals surface area contributed by atoms with E-state index in [0.717, 1.165) is 37.1 Å². The van der Waals surface area contributed by atoms with Crippen molar-refractivity contribution in [2.75, 3.05) is 24.3 Å². The van der Waals surface area contributed by atoms with Crippen LogP contribution < -0.4 is 11.1 Å². The van der Waals surface area contributed by atoms with E-state index in [0.29, 0.717) is 25.0 Å². The van der Waals surface area contributed by atoms with Gasteiger partial charge in [0, 0.05) is 30.8 Å². The number of ether oxygens (including phenoxy) is 2. The van der Waals surface area contributed by atoms with E-state index >= 15 is 0 Å². The predicted octanol–water partition coefficient (Wildman–Crippen LogP) is 1.40. The number of nitrogens with two attached hydrogens (primary N) is 1. The zero-order valence-electron chi connectivity index (χ0n) is 15.2. The van der Waals surface area contributed by atoms with Gasteiger partial charge in [-0.3, -0.25) is 4.98 Å². The molecule has 0 unspecified atom stereocenters. The van der Waals surface area contributed by atoms with Crippen molar-refractivity contribution in [2.45, 2.75) is 31.5 Å². The molecule has 3 aromatic heterocycles. The highest BCUT2D eigenvalue weighted by Gasteiger charge is 2.38. The number of aromatic nitrogens is 6. The minimum Gasteiger partial charge on any atom is -0.368 e. The van der Waals surface area contributed by atoms with Gasteiger partial charge < -0.3 is 20.5 Å². The van der Waals surface area contributed by atoms with E-state index in [-0.39, 0.29) is 5.95 Å². The van der Waals surface area contributed by atoms with Crippen LogP contribution in [0.25, 0.3) is 5.82 Å². The Labute approximate surface area is 161 Å². The van der Waals surface area contributed by atoms with Gasteiger partial charge in [-0.1, -0.05) is 0 Å². The SMILES string of the molecule is Nc1nc(Nc2cnc3c(c2)CCC2(CC3)OCCO2)nn1-c1ccncn1. The molecule has 4 heterocycles. The second kappa shape index (κ2) is 6.80. The summed E-state index contributed by atoms with van der Waals surface area (Å²) in [5, 5.41) is 7.55. The van der Waals surface area contributed by atoms with Crippen molar-refractivity contribution < 1.29 is 9.47 Å². The number of rotatable bonds is 3. The number of fused-ring (bicyclic) bond motifs is 1. The molecule has 144 valence electrons. The molecule has 0 amide bonds. The molecular weight excluding hydrogens is 360 g/mol. The lowest BCUT2D eigenvalue weighted by molar-refractivity contribution is -0.164. The Kier molecular flexibility index (Phi) is 4.14. The van der Waals surface area contributed by atoms with E-state index in [1.165, 1.54) is 16.6 Å².